The van der Waals surface area contributed by atoms with E-state index in [2.05, 4.69) is 5.32 Å². The van der Waals surface area contributed by atoms with Crippen LogP contribution in [0.4, 0.5) is 0 Å². The van der Waals surface area contributed by atoms with Gasteiger partial charge < -0.3 is 25.3 Å². The van der Waals surface area contributed by atoms with Crippen molar-refractivity contribution in [3.05, 3.63) is 23.8 Å². The first-order valence-electron chi connectivity index (χ1n) is 6.14. The summed E-state index contributed by atoms with van der Waals surface area (Å²) < 4.78 is 15.5. The van der Waals surface area contributed by atoms with Crippen LogP contribution in [-0.4, -0.2) is 39.0 Å². The highest BCUT2D eigenvalue weighted by Gasteiger charge is 2.18. The molecule has 1 aliphatic heterocycles. The number of nitrogens with one attached hydrogen (secondary N) is 1. The van der Waals surface area contributed by atoms with E-state index in [1.807, 2.05) is 0 Å². The summed E-state index contributed by atoms with van der Waals surface area (Å²) >= 11 is 0. The molecule has 3 N–H and O–H groups in total. The molecule has 1 aliphatic rings. The molecule has 2 rings (SSSR count). The number of hydrogen-bond acceptors (Lipinski definition) is 5. The molecule has 6 nitrogen and oxygen atoms in total. The topological polar surface area (TPSA) is 82.8 Å². The second kappa shape index (κ2) is 6.40. The predicted molar refractivity (Wildman–Crippen MR) is 69.4 cm³/mol. The van der Waals surface area contributed by atoms with Crippen LogP contribution in [0.2, 0.25) is 0 Å². The standard InChI is InChI=1S/C13H18N2O4/c1-17-7-10(4-5-14)15-13(16)9-2-3-11-12(6-9)19-8-18-11/h2-3,6,10H,4-5,7-8,14H2,1H3,(H,15,16). The molecule has 0 bridgehead atoms. The van der Waals surface area contributed by atoms with Crippen LogP contribution in [0.3, 0.4) is 0 Å². The Morgan fingerprint density at radius 3 is 3.00 bits per heavy atom. The van der Waals surface area contributed by atoms with Crippen molar-refractivity contribution in [2.75, 3.05) is 27.1 Å². The molecular formula is C13H18N2O4. The van der Waals surface area contributed by atoms with Gasteiger partial charge >= 0.3 is 0 Å². The fraction of sp³-hybridized carbons (Fsp3) is 0.462. The number of rotatable bonds is 6. The maximum Gasteiger partial charge on any atom is 0.251 e. The van der Waals surface area contributed by atoms with E-state index in [9.17, 15) is 4.79 Å². The lowest BCUT2D eigenvalue weighted by atomic mass is 10.1. The molecule has 6 heteroatoms. The number of fused-ring (bicyclic) bond motifs is 1. The zero-order valence-corrected chi connectivity index (χ0v) is 10.8. The zero-order chi connectivity index (χ0) is 13.7. The lowest BCUT2D eigenvalue weighted by Crippen LogP contribution is -2.39. The molecule has 1 atom stereocenters. The summed E-state index contributed by atoms with van der Waals surface area (Å²) in [6.07, 6.45) is 0.671. The predicted octanol–water partition coefficient (Wildman–Crippen LogP) is 0.509. The highest BCUT2D eigenvalue weighted by molar-refractivity contribution is 5.95. The van der Waals surface area contributed by atoms with Crippen molar-refractivity contribution in [3.63, 3.8) is 0 Å². The molecule has 0 aliphatic carbocycles. The van der Waals surface area contributed by atoms with Gasteiger partial charge in [0.1, 0.15) is 0 Å². The lowest BCUT2D eigenvalue weighted by Gasteiger charge is -2.17. The van der Waals surface area contributed by atoms with Crippen LogP contribution >= 0.6 is 0 Å². The van der Waals surface area contributed by atoms with Crippen LogP contribution < -0.4 is 20.5 Å². The Bertz CT molecular complexity index is 444. The summed E-state index contributed by atoms with van der Waals surface area (Å²) in [6.45, 7) is 1.13. The van der Waals surface area contributed by atoms with Crippen LogP contribution in [0.25, 0.3) is 0 Å². The van der Waals surface area contributed by atoms with Crippen LogP contribution in [0.15, 0.2) is 18.2 Å². The van der Waals surface area contributed by atoms with Gasteiger partial charge in [0.05, 0.1) is 12.6 Å². The van der Waals surface area contributed by atoms with Gasteiger partial charge in [-0.2, -0.15) is 0 Å². The van der Waals surface area contributed by atoms with Crippen molar-refractivity contribution >= 4 is 5.91 Å². The minimum atomic E-state index is -0.172. The van der Waals surface area contributed by atoms with Crippen molar-refractivity contribution in [3.8, 4) is 11.5 Å². The Morgan fingerprint density at radius 1 is 1.47 bits per heavy atom. The third kappa shape index (κ3) is 3.36. The molecule has 1 unspecified atom stereocenters. The molecule has 1 amide bonds. The molecule has 0 fully saturated rings. The first-order chi connectivity index (χ1) is 9.24. The number of nitrogens with two attached hydrogens (primary N) is 1. The molecule has 1 aromatic carbocycles. The third-order valence-corrected chi connectivity index (χ3v) is 2.85. The van der Waals surface area contributed by atoms with E-state index in [0.29, 0.717) is 36.6 Å². The smallest absolute Gasteiger partial charge is 0.251 e. The molecule has 0 spiro atoms. The van der Waals surface area contributed by atoms with Crippen LogP contribution in [0, 0.1) is 0 Å². The molecule has 0 saturated carbocycles. The van der Waals surface area contributed by atoms with Gasteiger partial charge in [0.15, 0.2) is 11.5 Å². The summed E-state index contributed by atoms with van der Waals surface area (Å²) in [7, 11) is 1.59. The molecular weight excluding hydrogens is 248 g/mol. The number of ether oxygens (including phenoxy) is 3. The number of benzene rings is 1. The largest absolute Gasteiger partial charge is 0.454 e. The van der Waals surface area contributed by atoms with Gasteiger partial charge in [0.2, 0.25) is 6.79 Å². The van der Waals surface area contributed by atoms with E-state index in [1.54, 1.807) is 25.3 Å². The fourth-order valence-electron chi connectivity index (χ4n) is 1.91. The maximum atomic E-state index is 12.1. The van der Waals surface area contributed by atoms with Crippen molar-refractivity contribution in [1.29, 1.82) is 0 Å². The molecule has 19 heavy (non-hydrogen) atoms. The molecule has 0 radical (unpaired) electrons. The van der Waals surface area contributed by atoms with Gasteiger partial charge in [-0.15, -0.1) is 0 Å². The zero-order valence-electron chi connectivity index (χ0n) is 10.8. The van der Waals surface area contributed by atoms with E-state index in [0.717, 1.165) is 0 Å². The first-order valence-corrected chi connectivity index (χ1v) is 6.14. The normalized spacial score (nSPS) is 14.2. The Kier molecular flexibility index (Phi) is 4.59. The summed E-state index contributed by atoms with van der Waals surface area (Å²) in [4.78, 5) is 12.1. The number of amides is 1. The van der Waals surface area contributed by atoms with Crippen molar-refractivity contribution in [2.24, 2.45) is 5.73 Å². The van der Waals surface area contributed by atoms with Crippen LogP contribution in [-0.2, 0) is 4.74 Å². The molecule has 0 aromatic heterocycles. The fourth-order valence-corrected chi connectivity index (χ4v) is 1.91. The third-order valence-electron chi connectivity index (χ3n) is 2.85. The average molecular weight is 266 g/mol. The molecule has 104 valence electrons. The van der Waals surface area contributed by atoms with E-state index in [1.165, 1.54) is 0 Å². The average Bonchev–Trinajstić information content (AvgIpc) is 2.86. The SMILES string of the molecule is COCC(CCN)NC(=O)c1ccc2c(c1)OCO2. The Labute approximate surface area is 111 Å². The van der Waals surface area contributed by atoms with Gasteiger partial charge in [0, 0.05) is 12.7 Å². The second-order valence-corrected chi connectivity index (χ2v) is 4.27. The molecule has 1 aromatic rings. The van der Waals surface area contributed by atoms with Crippen LogP contribution in [0.1, 0.15) is 16.8 Å². The Balaban J connectivity index is 2.02. The maximum absolute atomic E-state index is 12.1. The Morgan fingerprint density at radius 2 is 2.26 bits per heavy atom. The van der Waals surface area contributed by atoms with Crippen molar-refractivity contribution in [2.45, 2.75) is 12.5 Å². The highest BCUT2D eigenvalue weighted by Crippen LogP contribution is 2.32. The minimum Gasteiger partial charge on any atom is -0.454 e. The van der Waals surface area contributed by atoms with Gasteiger partial charge in [-0.25, -0.2) is 0 Å². The van der Waals surface area contributed by atoms with Crippen molar-refractivity contribution in [1.82, 2.24) is 5.32 Å². The van der Waals surface area contributed by atoms with Gasteiger partial charge in [-0.3, -0.25) is 4.79 Å². The van der Waals surface area contributed by atoms with E-state index < -0.39 is 0 Å². The molecule has 0 saturated heterocycles. The summed E-state index contributed by atoms with van der Waals surface area (Å²) in [5.74, 6) is 1.08. The number of carbonyl (C=O) groups excluding carboxylic acids is 1. The monoisotopic (exact) mass is 266 g/mol. The summed E-state index contributed by atoms with van der Waals surface area (Å²) in [6, 6.07) is 5.01. The van der Waals surface area contributed by atoms with E-state index in [4.69, 9.17) is 19.9 Å². The van der Waals surface area contributed by atoms with Gasteiger partial charge in [0.25, 0.3) is 5.91 Å². The van der Waals surface area contributed by atoms with Gasteiger partial charge in [-0.1, -0.05) is 0 Å². The van der Waals surface area contributed by atoms with E-state index >= 15 is 0 Å². The van der Waals surface area contributed by atoms with Crippen molar-refractivity contribution < 1.29 is 19.0 Å². The highest BCUT2D eigenvalue weighted by atomic mass is 16.7. The summed E-state index contributed by atoms with van der Waals surface area (Å²) in [5, 5.41) is 2.89. The van der Waals surface area contributed by atoms with E-state index in [-0.39, 0.29) is 18.7 Å². The lowest BCUT2D eigenvalue weighted by molar-refractivity contribution is 0.0893. The Hall–Kier alpha value is -1.79. The van der Waals surface area contributed by atoms with Gasteiger partial charge in [-0.05, 0) is 31.2 Å². The quantitative estimate of drug-likeness (QED) is 0.784. The second-order valence-electron chi connectivity index (χ2n) is 4.27. The molecule has 1 heterocycles. The van der Waals surface area contributed by atoms with Crippen LogP contribution in [0.5, 0.6) is 11.5 Å². The number of carbonyl (C=O) groups is 1. The summed E-state index contributed by atoms with van der Waals surface area (Å²) in [5.41, 5.74) is 6.03. The number of methoxy groups -OCH3 is 1. The minimum absolute atomic E-state index is 0.0899. The number of hydrogen-bond donors (Lipinski definition) is 2. The first kappa shape index (κ1) is 13.6.